The molecule has 0 fully saturated rings. The topological polar surface area (TPSA) is 49.7 Å². The summed E-state index contributed by atoms with van der Waals surface area (Å²) >= 11 is 0. The highest BCUT2D eigenvalue weighted by Gasteiger charge is 1.76. The quantitative estimate of drug-likeness (QED) is 0.249. The molecule has 0 aromatic heterocycles. The van der Waals surface area contributed by atoms with Crippen molar-refractivity contribution in [3.05, 3.63) is 0 Å². The van der Waals surface area contributed by atoms with E-state index in [0.717, 1.165) is 0 Å². The second-order valence-electron chi connectivity index (χ2n) is 0.761. The predicted octanol–water partition coefficient (Wildman–Crippen LogP) is -2.01. The fourth-order valence-corrected chi connectivity index (χ4v) is 0.387. The summed E-state index contributed by atoms with van der Waals surface area (Å²) < 4.78 is 4.35. The molecule has 0 heterocycles. The summed E-state index contributed by atoms with van der Waals surface area (Å²) in [5.74, 6) is 0. The van der Waals surface area contributed by atoms with Crippen molar-refractivity contribution in [3.63, 3.8) is 0 Å². The molecule has 0 aromatic carbocycles. The lowest BCUT2D eigenvalue weighted by Gasteiger charge is -1.89. The number of rotatable bonds is 3. The van der Waals surface area contributed by atoms with E-state index in [-0.39, 0.29) is 6.79 Å². The van der Waals surface area contributed by atoms with Crippen LogP contribution in [-0.2, 0) is 4.74 Å². The van der Waals surface area contributed by atoms with Gasteiger partial charge in [0.05, 0.1) is 6.23 Å². The molecule has 0 rings (SSSR count). The molecule has 4 heteroatoms. The van der Waals surface area contributed by atoms with Crippen LogP contribution in [0.5, 0.6) is 0 Å². The fourth-order valence-electron chi connectivity index (χ4n) is 0.129. The molecule has 0 aromatic rings. The molecule has 3 nitrogen and oxygen atoms in total. The van der Waals surface area contributed by atoms with Crippen LogP contribution in [-0.4, -0.2) is 32.7 Å². The van der Waals surface area contributed by atoms with E-state index in [2.05, 4.69) is 4.74 Å². The second-order valence-corrected chi connectivity index (χ2v) is 1.62. The van der Waals surface area contributed by atoms with Gasteiger partial charge in [-0.1, -0.05) is 0 Å². The molecule has 0 aliphatic heterocycles. The first-order chi connectivity index (χ1) is 2.91. The third-order valence-corrected chi connectivity index (χ3v) is 0.798. The number of hydrogen-bond acceptors (Lipinski definition) is 3. The first-order valence-electron chi connectivity index (χ1n) is 1.71. The Hall–Kier alpha value is 0.0969. The van der Waals surface area contributed by atoms with Gasteiger partial charge in [0.15, 0.2) is 9.76 Å². The van der Waals surface area contributed by atoms with Gasteiger partial charge in [-0.15, -0.1) is 0 Å². The molecule has 6 heavy (non-hydrogen) atoms. The van der Waals surface area contributed by atoms with Crippen molar-refractivity contribution in [1.82, 2.24) is 0 Å². The maximum absolute atomic E-state index is 8.10. The van der Waals surface area contributed by atoms with Crippen LogP contribution in [0.3, 0.4) is 0 Å². The minimum atomic E-state index is -0.979. The van der Waals surface area contributed by atoms with Gasteiger partial charge in [-0.2, -0.15) is 0 Å². The van der Waals surface area contributed by atoms with Gasteiger partial charge in [-0.25, -0.2) is 0 Å². The zero-order valence-corrected chi connectivity index (χ0v) is 4.84. The zero-order chi connectivity index (χ0) is 4.83. The molecule has 0 saturated carbocycles. The molecular formula is C2H8O3Si. The Morgan fingerprint density at radius 2 is 2.33 bits per heavy atom. The summed E-state index contributed by atoms with van der Waals surface area (Å²) in [6.07, 6.45) is 0.358. The third-order valence-electron chi connectivity index (χ3n) is 0.327. The van der Waals surface area contributed by atoms with E-state index in [4.69, 9.17) is 9.90 Å². The lowest BCUT2D eigenvalue weighted by molar-refractivity contribution is 0.0185. The summed E-state index contributed by atoms with van der Waals surface area (Å²) in [7, 11) is -0.979. The fraction of sp³-hybridized carbons (Fsp3) is 1.00. The number of hydrogen-bond donors (Lipinski definition) is 2. The van der Waals surface area contributed by atoms with Crippen molar-refractivity contribution in [2.45, 2.75) is 0 Å². The highest BCUT2D eigenvalue weighted by atomic mass is 28.2. The van der Waals surface area contributed by atoms with Crippen LogP contribution in [0, 0.1) is 0 Å². The molecule has 0 spiro atoms. The zero-order valence-electron chi connectivity index (χ0n) is 3.42. The van der Waals surface area contributed by atoms with Gasteiger partial charge < -0.3 is 14.6 Å². The molecule has 0 aliphatic rings. The number of ether oxygens (including phenoxy) is 1. The van der Waals surface area contributed by atoms with E-state index in [9.17, 15) is 0 Å². The lowest BCUT2D eigenvalue weighted by Crippen LogP contribution is -2.02. The maximum atomic E-state index is 8.10. The van der Waals surface area contributed by atoms with E-state index in [1.807, 2.05) is 0 Å². The van der Waals surface area contributed by atoms with Crippen molar-refractivity contribution in [2.75, 3.05) is 13.0 Å². The van der Waals surface area contributed by atoms with Gasteiger partial charge in [0.2, 0.25) is 0 Å². The molecule has 38 valence electrons. The molecule has 0 unspecified atom stereocenters. The second kappa shape index (κ2) is 5.10. The Labute approximate surface area is 38.5 Å². The van der Waals surface area contributed by atoms with Crippen molar-refractivity contribution in [3.8, 4) is 0 Å². The van der Waals surface area contributed by atoms with Gasteiger partial charge in [0, 0.05) is 0 Å². The number of aliphatic hydroxyl groups is 1. The van der Waals surface area contributed by atoms with Crippen molar-refractivity contribution >= 4 is 9.76 Å². The average molecular weight is 108 g/mol. The van der Waals surface area contributed by atoms with Crippen molar-refractivity contribution < 1.29 is 14.6 Å². The molecule has 0 amide bonds. The van der Waals surface area contributed by atoms with Crippen LogP contribution in [0.1, 0.15) is 0 Å². The Morgan fingerprint density at radius 1 is 1.67 bits per heavy atom. The van der Waals surface area contributed by atoms with E-state index in [1.165, 1.54) is 0 Å². The Morgan fingerprint density at radius 3 is 2.50 bits per heavy atom. The molecular weight excluding hydrogens is 100 g/mol. The Bertz CT molecular complexity index is 20.8. The lowest BCUT2D eigenvalue weighted by atomic mass is 11.4. The third kappa shape index (κ3) is 4.10. The highest BCUT2D eigenvalue weighted by Crippen LogP contribution is 1.61. The van der Waals surface area contributed by atoms with Gasteiger partial charge in [-0.05, 0) is 0 Å². The monoisotopic (exact) mass is 108 g/mol. The minimum absolute atomic E-state index is 0.270. The first kappa shape index (κ1) is 6.10. The summed E-state index contributed by atoms with van der Waals surface area (Å²) in [5, 5.41) is 7.89. The molecule has 0 bridgehead atoms. The van der Waals surface area contributed by atoms with E-state index in [0.29, 0.717) is 6.23 Å². The molecule has 0 aliphatic carbocycles. The highest BCUT2D eigenvalue weighted by molar-refractivity contribution is 6.24. The van der Waals surface area contributed by atoms with Gasteiger partial charge in [-0.3, -0.25) is 0 Å². The summed E-state index contributed by atoms with van der Waals surface area (Å²) in [5.41, 5.74) is 0. The SMILES string of the molecule is OCOC[SiH2]O. The number of aliphatic hydroxyl groups excluding tert-OH is 1. The summed E-state index contributed by atoms with van der Waals surface area (Å²) in [4.78, 5) is 8.10. The standard InChI is InChI=1S/C2H8O3Si/c3-1-5-2-6-4/h3-4H,1-2,6H2. The van der Waals surface area contributed by atoms with Crippen molar-refractivity contribution in [2.24, 2.45) is 0 Å². The minimum Gasteiger partial charge on any atom is -0.436 e. The summed E-state index contributed by atoms with van der Waals surface area (Å²) in [6.45, 7) is -0.270. The Kier molecular flexibility index (Phi) is 5.18. The maximum Gasteiger partial charge on any atom is 0.182 e. The largest absolute Gasteiger partial charge is 0.436 e. The van der Waals surface area contributed by atoms with Gasteiger partial charge >= 0.3 is 0 Å². The smallest absolute Gasteiger partial charge is 0.182 e. The summed E-state index contributed by atoms with van der Waals surface area (Å²) in [6, 6.07) is 0. The Balaban J connectivity index is 2.34. The van der Waals surface area contributed by atoms with E-state index >= 15 is 0 Å². The normalized spacial score (nSPS) is 11.0. The molecule has 0 atom stereocenters. The van der Waals surface area contributed by atoms with Crippen LogP contribution in [0.25, 0.3) is 0 Å². The molecule has 0 saturated heterocycles. The van der Waals surface area contributed by atoms with Gasteiger partial charge in [0.1, 0.15) is 6.79 Å². The van der Waals surface area contributed by atoms with Crippen LogP contribution < -0.4 is 0 Å². The van der Waals surface area contributed by atoms with Crippen LogP contribution >= 0.6 is 0 Å². The van der Waals surface area contributed by atoms with Crippen LogP contribution in [0.4, 0.5) is 0 Å². The molecule has 2 N–H and O–H groups in total. The molecule has 0 radical (unpaired) electrons. The van der Waals surface area contributed by atoms with E-state index < -0.39 is 9.76 Å². The average Bonchev–Trinajstić information content (AvgIpc) is 1.61. The van der Waals surface area contributed by atoms with Crippen LogP contribution in [0.15, 0.2) is 0 Å². The van der Waals surface area contributed by atoms with E-state index in [1.54, 1.807) is 0 Å². The van der Waals surface area contributed by atoms with Gasteiger partial charge in [0.25, 0.3) is 0 Å². The van der Waals surface area contributed by atoms with Crippen molar-refractivity contribution in [1.29, 1.82) is 0 Å². The van der Waals surface area contributed by atoms with Crippen LogP contribution in [0.2, 0.25) is 0 Å². The predicted molar refractivity (Wildman–Crippen MR) is 23.8 cm³/mol. The first-order valence-corrected chi connectivity index (χ1v) is 3.34.